The van der Waals surface area contributed by atoms with Crippen LogP contribution in [0.1, 0.15) is 58.3 Å². The zero-order chi connectivity index (χ0) is 13.5. The average molecular weight is 394 g/mol. The van der Waals surface area contributed by atoms with Crippen LogP contribution in [0.3, 0.4) is 0 Å². The Morgan fingerprint density at radius 2 is 1.85 bits per heavy atom. The minimum atomic E-state index is 0. The lowest BCUT2D eigenvalue weighted by atomic mass is 10.1. The molecule has 1 aliphatic carbocycles. The van der Waals surface area contributed by atoms with Gasteiger partial charge in [0.15, 0.2) is 5.96 Å². The minimum Gasteiger partial charge on any atom is -0.370 e. The molecule has 5 heteroatoms. The number of nitrogens with one attached hydrogen (secondary N) is 1. The third-order valence-electron chi connectivity index (χ3n) is 4.58. The molecule has 0 aromatic carbocycles. The monoisotopic (exact) mass is 394 g/mol. The standard InChI is InChI=1S/C15H30N4.HI/c1-2-19-11-7-10-14(19)12-17-15(16)18-13-8-5-3-4-6-9-13;/h13-14H,2-12H2,1H3,(H3,16,17,18);1H. The molecule has 2 rings (SSSR count). The van der Waals surface area contributed by atoms with Gasteiger partial charge in [0.25, 0.3) is 0 Å². The van der Waals surface area contributed by atoms with Crippen LogP contribution in [0.15, 0.2) is 4.99 Å². The summed E-state index contributed by atoms with van der Waals surface area (Å²) in [6.07, 6.45) is 10.5. The molecular formula is C15H31IN4. The highest BCUT2D eigenvalue weighted by Gasteiger charge is 2.22. The molecule has 3 N–H and O–H groups in total. The van der Waals surface area contributed by atoms with E-state index in [9.17, 15) is 0 Å². The number of halogens is 1. The quantitative estimate of drug-likeness (QED) is 0.334. The minimum absolute atomic E-state index is 0. The molecule has 0 bridgehead atoms. The SMILES string of the molecule is CCN1CCCC1CN=C(N)NC1CCCCCC1.I. The topological polar surface area (TPSA) is 53.6 Å². The summed E-state index contributed by atoms with van der Waals surface area (Å²) in [4.78, 5) is 7.09. The molecule has 1 saturated heterocycles. The molecule has 118 valence electrons. The number of aliphatic imine (C=N–C) groups is 1. The first-order chi connectivity index (χ1) is 9.29. The molecular weight excluding hydrogens is 363 g/mol. The van der Waals surface area contributed by atoms with Gasteiger partial charge in [-0.2, -0.15) is 0 Å². The van der Waals surface area contributed by atoms with Gasteiger partial charge in [0.05, 0.1) is 6.54 Å². The van der Waals surface area contributed by atoms with Crippen LogP contribution in [-0.2, 0) is 0 Å². The number of likely N-dealkylation sites (N-methyl/N-ethyl adjacent to an activating group) is 1. The van der Waals surface area contributed by atoms with Crippen molar-refractivity contribution in [2.45, 2.75) is 70.4 Å². The first-order valence-corrected chi connectivity index (χ1v) is 8.10. The summed E-state index contributed by atoms with van der Waals surface area (Å²) in [6.45, 7) is 5.46. The first kappa shape index (κ1) is 18.0. The highest BCUT2D eigenvalue weighted by atomic mass is 127. The van der Waals surface area contributed by atoms with Crippen molar-refractivity contribution >= 4 is 29.9 Å². The Morgan fingerprint density at radius 3 is 2.50 bits per heavy atom. The van der Waals surface area contributed by atoms with Crippen molar-refractivity contribution in [2.75, 3.05) is 19.6 Å². The number of rotatable bonds is 4. The lowest BCUT2D eigenvalue weighted by Crippen LogP contribution is -2.41. The highest BCUT2D eigenvalue weighted by molar-refractivity contribution is 14.0. The lowest BCUT2D eigenvalue weighted by molar-refractivity contribution is 0.273. The van der Waals surface area contributed by atoms with E-state index in [1.54, 1.807) is 0 Å². The summed E-state index contributed by atoms with van der Waals surface area (Å²) >= 11 is 0. The Labute approximate surface area is 141 Å². The van der Waals surface area contributed by atoms with Gasteiger partial charge in [-0.1, -0.05) is 32.6 Å². The van der Waals surface area contributed by atoms with Crippen LogP contribution < -0.4 is 11.1 Å². The molecule has 0 aromatic rings. The van der Waals surface area contributed by atoms with E-state index in [1.807, 2.05) is 0 Å². The van der Waals surface area contributed by atoms with Gasteiger partial charge >= 0.3 is 0 Å². The second-order valence-corrected chi connectivity index (χ2v) is 5.98. The number of likely N-dealkylation sites (tertiary alicyclic amines) is 1. The number of nitrogens with two attached hydrogens (primary N) is 1. The Balaban J connectivity index is 0.00000200. The number of hydrogen-bond acceptors (Lipinski definition) is 2. The van der Waals surface area contributed by atoms with E-state index in [0.717, 1.165) is 13.1 Å². The summed E-state index contributed by atoms with van der Waals surface area (Å²) in [5, 5.41) is 3.42. The van der Waals surface area contributed by atoms with E-state index in [0.29, 0.717) is 18.0 Å². The van der Waals surface area contributed by atoms with Gasteiger partial charge in [0.1, 0.15) is 0 Å². The molecule has 1 saturated carbocycles. The zero-order valence-corrected chi connectivity index (χ0v) is 15.1. The van der Waals surface area contributed by atoms with Crippen LogP contribution in [0.4, 0.5) is 0 Å². The summed E-state index contributed by atoms with van der Waals surface area (Å²) in [7, 11) is 0. The van der Waals surface area contributed by atoms with Crippen molar-refractivity contribution in [3.8, 4) is 0 Å². The Kier molecular flexibility index (Phi) is 8.84. The second kappa shape index (κ2) is 9.82. The molecule has 2 aliphatic rings. The first-order valence-electron chi connectivity index (χ1n) is 8.10. The van der Waals surface area contributed by atoms with Crippen molar-refractivity contribution in [1.29, 1.82) is 0 Å². The Morgan fingerprint density at radius 1 is 1.15 bits per heavy atom. The third kappa shape index (κ3) is 5.76. The van der Waals surface area contributed by atoms with Crippen LogP contribution in [0, 0.1) is 0 Å². The fourth-order valence-corrected chi connectivity index (χ4v) is 3.40. The predicted octanol–water partition coefficient (Wildman–Crippen LogP) is 2.72. The van der Waals surface area contributed by atoms with E-state index in [2.05, 4.69) is 22.1 Å². The van der Waals surface area contributed by atoms with Gasteiger partial charge in [-0.3, -0.25) is 9.89 Å². The molecule has 1 atom stereocenters. The van der Waals surface area contributed by atoms with Gasteiger partial charge in [-0.05, 0) is 38.8 Å². The van der Waals surface area contributed by atoms with Crippen LogP contribution in [0.25, 0.3) is 0 Å². The van der Waals surface area contributed by atoms with E-state index in [1.165, 1.54) is 57.9 Å². The van der Waals surface area contributed by atoms with Gasteiger partial charge in [0.2, 0.25) is 0 Å². The molecule has 1 unspecified atom stereocenters. The van der Waals surface area contributed by atoms with Crippen molar-refractivity contribution in [1.82, 2.24) is 10.2 Å². The van der Waals surface area contributed by atoms with Crippen LogP contribution >= 0.6 is 24.0 Å². The molecule has 0 amide bonds. The van der Waals surface area contributed by atoms with Crippen molar-refractivity contribution in [3.05, 3.63) is 0 Å². The summed E-state index contributed by atoms with van der Waals surface area (Å²) in [6, 6.07) is 1.16. The summed E-state index contributed by atoms with van der Waals surface area (Å²) < 4.78 is 0. The van der Waals surface area contributed by atoms with Crippen LogP contribution in [-0.4, -0.2) is 42.6 Å². The lowest BCUT2D eigenvalue weighted by Gasteiger charge is -2.22. The van der Waals surface area contributed by atoms with Gasteiger partial charge < -0.3 is 11.1 Å². The van der Waals surface area contributed by atoms with E-state index >= 15 is 0 Å². The van der Waals surface area contributed by atoms with Crippen LogP contribution in [0.5, 0.6) is 0 Å². The second-order valence-electron chi connectivity index (χ2n) is 5.98. The molecule has 0 spiro atoms. The van der Waals surface area contributed by atoms with Crippen molar-refractivity contribution in [2.24, 2.45) is 10.7 Å². The molecule has 1 aliphatic heterocycles. The van der Waals surface area contributed by atoms with E-state index < -0.39 is 0 Å². The molecule has 1 heterocycles. The van der Waals surface area contributed by atoms with Gasteiger partial charge in [-0.15, -0.1) is 24.0 Å². The maximum atomic E-state index is 6.04. The molecule has 4 nitrogen and oxygen atoms in total. The molecule has 0 aromatic heterocycles. The highest BCUT2D eigenvalue weighted by Crippen LogP contribution is 2.18. The van der Waals surface area contributed by atoms with Crippen molar-refractivity contribution < 1.29 is 0 Å². The average Bonchev–Trinajstić information content (AvgIpc) is 2.72. The van der Waals surface area contributed by atoms with Gasteiger partial charge in [-0.25, -0.2) is 0 Å². The maximum absolute atomic E-state index is 6.04. The fourth-order valence-electron chi connectivity index (χ4n) is 3.40. The summed E-state index contributed by atoms with van der Waals surface area (Å²) in [5.74, 6) is 0.662. The molecule has 0 radical (unpaired) electrons. The zero-order valence-electron chi connectivity index (χ0n) is 12.8. The normalized spacial score (nSPS) is 26.1. The Hall–Kier alpha value is -0.0400. The maximum Gasteiger partial charge on any atom is 0.188 e. The molecule has 2 fully saturated rings. The largest absolute Gasteiger partial charge is 0.370 e. The number of guanidine groups is 1. The number of hydrogen-bond donors (Lipinski definition) is 2. The molecule has 20 heavy (non-hydrogen) atoms. The van der Waals surface area contributed by atoms with Gasteiger partial charge in [0, 0.05) is 12.1 Å². The van der Waals surface area contributed by atoms with Crippen molar-refractivity contribution in [3.63, 3.8) is 0 Å². The fraction of sp³-hybridized carbons (Fsp3) is 0.933. The third-order valence-corrected chi connectivity index (χ3v) is 4.58. The Bertz CT molecular complexity index is 288. The smallest absolute Gasteiger partial charge is 0.188 e. The number of nitrogens with zero attached hydrogens (tertiary/aromatic N) is 2. The van der Waals surface area contributed by atoms with Crippen LogP contribution in [0.2, 0.25) is 0 Å². The van der Waals surface area contributed by atoms with E-state index in [4.69, 9.17) is 5.73 Å². The van der Waals surface area contributed by atoms with E-state index in [-0.39, 0.29) is 24.0 Å². The summed E-state index contributed by atoms with van der Waals surface area (Å²) in [5.41, 5.74) is 6.04. The predicted molar refractivity (Wildman–Crippen MR) is 96.8 cm³/mol.